The highest BCUT2D eigenvalue weighted by atomic mass is 16.3. The molecule has 26 heavy (non-hydrogen) atoms. The zero-order valence-electron chi connectivity index (χ0n) is 14.0. The molecule has 0 aliphatic heterocycles. The third-order valence-electron chi connectivity index (χ3n) is 3.84. The summed E-state index contributed by atoms with van der Waals surface area (Å²) in [5.74, 6) is -0.289. The van der Waals surface area contributed by atoms with E-state index < -0.39 is 5.92 Å². The first-order valence-corrected chi connectivity index (χ1v) is 8.00. The van der Waals surface area contributed by atoms with Crippen LogP contribution in [0.25, 0.3) is 11.5 Å². The van der Waals surface area contributed by atoms with Crippen molar-refractivity contribution in [1.29, 1.82) is 5.26 Å². The number of rotatable bonds is 5. The lowest BCUT2D eigenvalue weighted by atomic mass is 10.1. The molecular formula is C19H16N4O3. The number of carbonyl (C=O) groups excluding carboxylic acids is 1. The predicted molar refractivity (Wildman–Crippen MR) is 95.1 cm³/mol. The number of anilines is 1. The summed E-state index contributed by atoms with van der Waals surface area (Å²) in [6.07, 6.45) is 1.52. The number of nitrogens with zero attached hydrogens (tertiary/aromatic N) is 3. The Kier molecular flexibility index (Phi) is 4.94. The highest BCUT2D eigenvalue weighted by molar-refractivity contribution is 5.93. The number of hydrogen-bond acceptors (Lipinski definition) is 5. The van der Waals surface area contributed by atoms with E-state index in [1.807, 2.05) is 6.07 Å². The first-order valence-electron chi connectivity index (χ1n) is 8.00. The van der Waals surface area contributed by atoms with Gasteiger partial charge in [0.2, 0.25) is 5.91 Å². The number of benzene rings is 1. The third-order valence-corrected chi connectivity index (χ3v) is 3.84. The second kappa shape index (κ2) is 7.49. The van der Waals surface area contributed by atoms with Gasteiger partial charge in [0, 0.05) is 6.07 Å². The van der Waals surface area contributed by atoms with E-state index in [-0.39, 0.29) is 18.0 Å². The van der Waals surface area contributed by atoms with Gasteiger partial charge in [-0.25, -0.2) is 4.68 Å². The molecule has 0 fully saturated rings. The van der Waals surface area contributed by atoms with Crippen LogP contribution >= 0.6 is 0 Å². The Morgan fingerprint density at radius 1 is 1.27 bits per heavy atom. The third kappa shape index (κ3) is 3.70. The summed E-state index contributed by atoms with van der Waals surface area (Å²) in [5, 5.41) is 16.1. The van der Waals surface area contributed by atoms with Crippen LogP contribution in [-0.2, 0) is 11.3 Å². The van der Waals surface area contributed by atoms with E-state index in [0.717, 1.165) is 0 Å². The summed E-state index contributed by atoms with van der Waals surface area (Å²) < 4.78 is 6.52. The van der Waals surface area contributed by atoms with Gasteiger partial charge in [-0.3, -0.25) is 9.59 Å². The van der Waals surface area contributed by atoms with Crippen LogP contribution in [0.2, 0.25) is 0 Å². The van der Waals surface area contributed by atoms with Crippen molar-refractivity contribution in [2.24, 2.45) is 5.92 Å². The van der Waals surface area contributed by atoms with Crippen molar-refractivity contribution in [3.05, 3.63) is 70.7 Å². The Bertz CT molecular complexity index is 1020. The van der Waals surface area contributed by atoms with Crippen LogP contribution in [0.5, 0.6) is 0 Å². The molecule has 3 rings (SSSR count). The number of nitrogens with one attached hydrogen (secondary N) is 1. The van der Waals surface area contributed by atoms with Crippen LogP contribution in [-0.4, -0.2) is 15.7 Å². The molecule has 1 N–H and O–H groups in total. The number of hydrogen-bond donors (Lipinski definition) is 1. The van der Waals surface area contributed by atoms with E-state index in [1.54, 1.807) is 49.4 Å². The highest BCUT2D eigenvalue weighted by Gasteiger charge is 2.17. The Balaban J connectivity index is 1.76. The summed E-state index contributed by atoms with van der Waals surface area (Å²) in [7, 11) is 0. The molecular weight excluding hydrogens is 332 g/mol. The quantitative estimate of drug-likeness (QED) is 0.764. The number of furan rings is 1. The van der Waals surface area contributed by atoms with Crippen molar-refractivity contribution in [2.75, 3.05) is 5.32 Å². The Morgan fingerprint density at radius 3 is 2.81 bits per heavy atom. The fourth-order valence-electron chi connectivity index (χ4n) is 2.42. The predicted octanol–water partition coefficient (Wildman–Crippen LogP) is 2.65. The van der Waals surface area contributed by atoms with Crippen molar-refractivity contribution < 1.29 is 9.21 Å². The maximum atomic E-state index is 12.4. The van der Waals surface area contributed by atoms with Crippen LogP contribution in [0.1, 0.15) is 12.5 Å². The first kappa shape index (κ1) is 17.2. The summed E-state index contributed by atoms with van der Waals surface area (Å²) in [5.41, 5.74) is 1.02. The number of carbonyl (C=O) groups is 1. The van der Waals surface area contributed by atoms with Crippen molar-refractivity contribution in [2.45, 2.75) is 13.5 Å². The molecule has 1 amide bonds. The number of nitriles is 1. The van der Waals surface area contributed by atoms with Crippen LogP contribution in [0.15, 0.2) is 64.0 Å². The van der Waals surface area contributed by atoms with Crippen LogP contribution in [0.3, 0.4) is 0 Å². The van der Waals surface area contributed by atoms with Gasteiger partial charge in [0.05, 0.1) is 30.0 Å². The fourth-order valence-corrected chi connectivity index (χ4v) is 2.42. The Hall–Kier alpha value is -3.66. The molecule has 1 aromatic carbocycles. The number of para-hydroxylation sites is 1. The molecule has 2 heterocycles. The molecule has 0 saturated heterocycles. The summed E-state index contributed by atoms with van der Waals surface area (Å²) in [6, 6.07) is 15.2. The van der Waals surface area contributed by atoms with Crippen molar-refractivity contribution >= 4 is 11.6 Å². The molecule has 0 radical (unpaired) electrons. The molecule has 0 aliphatic carbocycles. The summed E-state index contributed by atoms with van der Waals surface area (Å²) >= 11 is 0. The maximum Gasteiger partial charge on any atom is 0.266 e. The highest BCUT2D eigenvalue weighted by Crippen LogP contribution is 2.17. The van der Waals surface area contributed by atoms with E-state index >= 15 is 0 Å². The van der Waals surface area contributed by atoms with Crippen molar-refractivity contribution in [1.82, 2.24) is 9.78 Å². The van der Waals surface area contributed by atoms with Crippen LogP contribution in [0.4, 0.5) is 5.69 Å². The van der Waals surface area contributed by atoms with E-state index in [0.29, 0.717) is 22.7 Å². The number of amides is 1. The van der Waals surface area contributed by atoms with Gasteiger partial charge in [0.1, 0.15) is 11.8 Å². The largest absolute Gasteiger partial charge is 0.463 e. The van der Waals surface area contributed by atoms with Gasteiger partial charge in [-0.05, 0) is 30.3 Å². The summed E-state index contributed by atoms with van der Waals surface area (Å²) in [4.78, 5) is 24.5. The fraction of sp³-hybridized carbons (Fsp3) is 0.158. The Morgan fingerprint density at radius 2 is 2.08 bits per heavy atom. The molecule has 3 aromatic rings. The first-order chi connectivity index (χ1) is 12.6. The minimum absolute atomic E-state index is 0.105. The van der Waals surface area contributed by atoms with E-state index in [4.69, 9.17) is 9.68 Å². The molecule has 0 bridgehead atoms. The monoisotopic (exact) mass is 348 g/mol. The zero-order valence-corrected chi connectivity index (χ0v) is 14.0. The lowest BCUT2D eigenvalue weighted by molar-refractivity contribution is -0.119. The second-order valence-corrected chi connectivity index (χ2v) is 5.76. The van der Waals surface area contributed by atoms with Gasteiger partial charge in [-0.15, -0.1) is 0 Å². The van der Waals surface area contributed by atoms with Crippen molar-refractivity contribution in [3.8, 4) is 17.5 Å². The van der Waals surface area contributed by atoms with Crippen LogP contribution < -0.4 is 10.9 Å². The average molecular weight is 348 g/mol. The zero-order chi connectivity index (χ0) is 18.5. The molecule has 2 aromatic heterocycles. The van der Waals surface area contributed by atoms with Gasteiger partial charge in [0.25, 0.3) is 5.56 Å². The van der Waals surface area contributed by atoms with Gasteiger partial charge in [-0.2, -0.15) is 10.4 Å². The van der Waals surface area contributed by atoms with Gasteiger partial charge >= 0.3 is 0 Å². The minimum atomic E-state index is -0.529. The molecule has 0 spiro atoms. The van der Waals surface area contributed by atoms with Crippen LogP contribution in [0, 0.1) is 17.2 Å². The topological polar surface area (TPSA) is 101 Å². The molecule has 130 valence electrons. The second-order valence-electron chi connectivity index (χ2n) is 5.76. The van der Waals surface area contributed by atoms with Gasteiger partial charge in [0.15, 0.2) is 5.76 Å². The van der Waals surface area contributed by atoms with E-state index in [2.05, 4.69) is 10.4 Å². The Labute approximate surface area is 149 Å². The van der Waals surface area contributed by atoms with E-state index in [9.17, 15) is 9.59 Å². The van der Waals surface area contributed by atoms with Crippen molar-refractivity contribution in [3.63, 3.8) is 0 Å². The average Bonchev–Trinajstić information content (AvgIpc) is 3.18. The molecule has 0 aliphatic rings. The molecule has 1 atom stereocenters. The molecule has 7 heteroatoms. The standard InChI is InChI=1S/C19H16N4O3/c1-13(19(25)21-15-6-3-2-5-14(15)11-20)12-23-18(24)9-8-16(22-23)17-7-4-10-26-17/h2-10,13H,12H2,1H3,(H,21,25)/t13-/m1/s1. The van der Waals surface area contributed by atoms with E-state index in [1.165, 1.54) is 17.0 Å². The maximum absolute atomic E-state index is 12.4. The van der Waals surface area contributed by atoms with Gasteiger partial charge in [-0.1, -0.05) is 19.1 Å². The lowest BCUT2D eigenvalue weighted by Gasteiger charge is -2.14. The minimum Gasteiger partial charge on any atom is -0.463 e. The molecule has 7 nitrogen and oxygen atoms in total. The summed E-state index contributed by atoms with van der Waals surface area (Å²) in [6.45, 7) is 1.80. The molecule has 0 unspecified atom stereocenters. The SMILES string of the molecule is C[C@H](Cn1nc(-c2ccco2)ccc1=O)C(=O)Nc1ccccc1C#N. The molecule has 0 saturated carbocycles. The smallest absolute Gasteiger partial charge is 0.266 e. The number of aromatic nitrogens is 2. The van der Waals surface area contributed by atoms with Gasteiger partial charge < -0.3 is 9.73 Å². The lowest BCUT2D eigenvalue weighted by Crippen LogP contribution is -2.31. The normalized spacial score (nSPS) is 11.5.